The van der Waals surface area contributed by atoms with E-state index in [1.54, 1.807) is 0 Å². The molecule has 0 saturated carbocycles. The van der Waals surface area contributed by atoms with Crippen LogP contribution in [0.3, 0.4) is 0 Å². The summed E-state index contributed by atoms with van der Waals surface area (Å²) in [6.07, 6.45) is 0. The quantitative estimate of drug-likeness (QED) is 0.706. The lowest BCUT2D eigenvalue weighted by molar-refractivity contribution is 1.47. The maximum atomic E-state index is 3.05. The molecule has 0 fully saturated rings. The number of benzene rings is 1. The fourth-order valence-electron chi connectivity index (χ4n) is 0.804. The first-order valence-corrected chi connectivity index (χ1v) is 4.32. The Morgan fingerprint density at radius 1 is 0.750 bits per heavy atom. The van der Waals surface area contributed by atoms with Crippen LogP contribution in [0.25, 0.3) is 0 Å². The Morgan fingerprint density at radius 3 is 1.17 bits per heavy atom. The smallest absolute Gasteiger partial charge is 0.0339 e. The van der Waals surface area contributed by atoms with Gasteiger partial charge in [0.25, 0.3) is 0 Å². The van der Waals surface area contributed by atoms with Gasteiger partial charge in [-0.25, -0.2) is 0 Å². The second kappa shape index (κ2) is 6.53. The van der Waals surface area contributed by atoms with Crippen LogP contribution in [0.2, 0.25) is 0 Å². The molecule has 2 N–H and O–H groups in total. The minimum Gasteiger partial charge on any atom is -0.388 e. The van der Waals surface area contributed by atoms with Crippen molar-refractivity contribution in [1.82, 2.24) is 0 Å². The third-order valence-electron chi connectivity index (χ3n) is 1.46. The minimum atomic E-state index is 1.14. The fourth-order valence-corrected chi connectivity index (χ4v) is 0.804. The van der Waals surface area contributed by atoms with Crippen LogP contribution in [0.4, 0.5) is 11.4 Å². The molecule has 1 aromatic carbocycles. The van der Waals surface area contributed by atoms with Gasteiger partial charge in [0.1, 0.15) is 0 Å². The lowest BCUT2D eigenvalue weighted by Gasteiger charge is -2.01. The van der Waals surface area contributed by atoms with Gasteiger partial charge < -0.3 is 10.6 Å². The molecule has 0 unspecified atom stereocenters. The maximum absolute atomic E-state index is 3.05. The summed E-state index contributed by atoms with van der Waals surface area (Å²) in [6.45, 7) is 4.00. The second-order valence-electron chi connectivity index (χ2n) is 2.08. The highest BCUT2D eigenvalue weighted by molar-refractivity contribution is 5.52. The normalized spacial score (nSPS) is 8.00. The topological polar surface area (TPSA) is 24.1 Å². The lowest BCUT2D eigenvalue weighted by atomic mass is 10.3. The molecule has 0 spiro atoms. The zero-order valence-corrected chi connectivity index (χ0v) is 8.31. The monoisotopic (exact) mass is 166 g/mol. The van der Waals surface area contributed by atoms with Crippen LogP contribution < -0.4 is 10.6 Å². The molecule has 0 heterocycles. The van der Waals surface area contributed by atoms with Crippen LogP contribution in [-0.2, 0) is 0 Å². The molecular formula is C10H18N2. The summed E-state index contributed by atoms with van der Waals surface area (Å²) in [7, 11) is 3.82. The average Bonchev–Trinajstić information content (AvgIpc) is 2.21. The molecule has 0 aromatic heterocycles. The molecule has 2 nitrogen and oxygen atoms in total. The van der Waals surface area contributed by atoms with Gasteiger partial charge in [0, 0.05) is 25.5 Å². The summed E-state index contributed by atoms with van der Waals surface area (Å²) < 4.78 is 0. The van der Waals surface area contributed by atoms with Gasteiger partial charge in [0.05, 0.1) is 0 Å². The van der Waals surface area contributed by atoms with Crippen molar-refractivity contribution in [3.8, 4) is 0 Å². The van der Waals surface area contributed by atoms with Crippen LogP contribution in [0.15, 0.2) is 24.3 Å². The Hall–Kier alpha value is -1.18. The first-order valence-electron chi connectivity index (χ1n) is 4.32. The van der Waals surface area contributed by atoms with Crippen molar-refractivity contribution in [2.75, 3.05) is 24.7 Å². The molecule has 0 saturated heterocycles. The predicted octanol–water partition coefficient (Wildman–Crippen LogP) is 2.80. The Bertz CT molecular complexity index is 168. The van der Waals surface area contributed by atoms with Crippen LogP contribution in [0.5, 0.6) is 0 Å². The summed E-state index contributed by atoms with van der Waals surface area (Å²) in [6, 6.07) is 8.13. The van der Waals surface area contributed by atoms with Crippen molar-refractivity contribution in [2.45, 2.75) is 13.8 Å². The number of anilines is 2. The molecule has 12 heavy (non-hydrogen) atoms. The average molecular weight is 166 g/mol. The largest absolute Gasteiger partial charge is 0.388 e. The highest BCUT2D eigenvalue weighted by atomic mass is 14.8. The van der Waals surface area contributed by atoms with Gasteiger partial charge in [-0.05, 0) is 24.3 Å². The third-order valence-corrected chi connectivity index (χ3v) is 1.46. The van der Waals surface area contributed by atoms with E-state index in [0.717, 1.165) is 11.4 Å². The lowest BCUT2D eigenvalue weighted by Crippen LogP contribution is -1.89. The number of hydrogen-bond donors (Lipinski definition) is 2. The molecule has 1 aromatic rings. The van der Waals surface area contributed by atoms with E-state index < -0.39 is 0 Å². The van der Waals surface area contributed by atoms with E-state index in [1.165, 1.54) is 0 Å². The van der Waals surface area contributed by atoms with E-state index in [0.29, 0.717) is 0 Å². The van der Waals surface area contributed by atoms with Gasteiger partial charge >= 0.3 is 0 Å². The van der Waals surface area contributed by atoms with E-state index in [-0.39, 0.29) is 0 Å². The van der Waals surface area contributed by atoms with E-state index in [9.17, 15) is 0 Å². The molecule has 0 aliphatic rings. The molecule has 1 rings (SSSR count). The van der Waals surface area contributed by atoms with Crippen LogP contribution in [0, 0.1) is 0 Å². The highest BCUT2D eigenvalue weighted by Gasteiger charge is 1.86. The van der Waals surface area contributed by atoms with E-state index >= 15 is 0 Å². The van der Waals surface area contributed by atoms with Crippen molar-refractivity contribution in [3.05, 3.63) is 24.3 Å². The standard InChI is InChI=1S/C8H12N2.C2H6/c1-9-7-3-5-8(10-2)6-4-7;1-2/h3-6,9-10H,1-2H3;1-2H3. The first kappa shape index (κ1) is 10.8. The molecule has 0 atom stereocenters. The van der Waals surface area contributed by atoms with Crippen molar-refractivity contribution < 1.29 is 0 Å². The van der Waals surface area contributed by atoms with Gasteiger partial charge in [0.15, 0.2) is 0 Å². The number of rotatable bonds is 2. The van der Waals surface area contributed by atoms with E-state index in [4.69, 9.17) is 0 Å². The van der Waals surface area contributed by atoms with Crippen molar-refractivity contribution >= 4 is 11.4 Å². The van der Waals surface area contributed by atoms with E-state index in [1.807, 2.05) is 52.2 Å². The summed E-state index contributed by atoms with van der Waals surface area (Å²) in [4.78, 5) is 0. The van der Waals surface area contributed by atoms with Gasteiger partial charge in [0.2, 0.25) is 0 Å². The summed E-state index contributed by atoms with van der Waals surface area (Å²) in [5, 5.41) is 6.10. The Morgan fingerprint density at radius 2 is 1.00 bits per heavy atom. The van der Waals surface area contributed by atoms with Gasteiger partial charge in [-0.2, -0.15) is 0 Å². The summed E-state index contributed by atoms with van der Waals surface area (Å²) in [5.74, 6) is 0. The fraction of sp³-hybridized carbons (Fsp3) is 0.400. The minimum absolute atomic E-state index is 1.14. The Labute approximate surface area is 75.0 Å². The molecule has 0 bridgehead atoms. The zero-order valence-electron chi connectivity index (χ0n) is 8.31. The Balaban J connectivity index is 0.000000561. The summed E-state index contributed by atoms with van der Waals surface area (Å²) >= 11 is 0. The van der Waals surface area contributed by atoms with Crippen molar-refractivity contribution in [2.24, 2.45) is 0 Å². The Kier molecular flexibility index (Phi) is 5.88. The van der Waals surface area contributed by atoms with Gasteiger partial charge in [-0.15, -0.1) is 0 Å². The van der Waals surface area contributed by atoms with Crippen molar-refractivity contribution in [1.29, 1.82) is 0 Å². The van der Waals surface area contributed by atoms with Crippen LogP contribution in [-0.4, -0.2) is 14.1 Å². The highest BCUT2D eigenvalue weighted by Crippen LogP contribution is 2.11. The van der Waals surface area contributed by atoms with E-state index in [2.05, 4.69) is 10.6 Å². The number of nitrogens with one attached hydrogen (secondary N) is 2. The molecule has 0 radical (unpaired) electrons. The molecule has 68 valence electrons. The van der Waals surface area contributed by atoms with Crippen molar-refractivity contribution in [3.63, 3.8) is 0 Å². The third kappa shape index (κ3) is 3.28. The molecule has 0 aliphatic carbocycles. The predicted molar refractivity (Wildman–Crippen MR) is 56.9 cm³/mol. The summed E-state index contributed by atoms with van der Waals surface area (Å²) in [5.41, 5.74) is 2.28. The molecular weight excluding hydrogens is 148 g/mol. The zero-order chi connectivity index (χ0) is 9.40. The van der Waals surface area contributed by atoms with Gasteiger partial charge in [-0.3, -0.25) is 0 Å². The second-order valence-corrected chi connectivity index (χ2v) is 2.08. The molecule has 0 aliphatic heterocycles. The maximum Gasteiger partial charge on any atom is 0.0339 e. The number of hydrogen-bond acceptors (Lipinski definition) is 2. The first-order chi connectivity index (χ1) is 5.86. The molecule has 0 amide bonds. The van der Waals surface area contributed by atoms with Crippen LogP contribution in [0.1, 0.15) is 13.8 Å². The van der Waals surface area contributed by atoms with Gasteiger partial charge in [-0.1, -0.05) is 13.8 Å². The van der Waals surface area contributed by atoms with Crippen LogP contribution >= 0.6 is 0 Å². The SMILES string of the molecule is CC.CNc1ccc(NC)cc1. The molecule has 2 heteroatoms.